The molecule has 0 amide bonds. The first-order valence-corrected chi connectivity index (χ1v) is 10.5. The van der Waals surface area contributed by atoms with Crippen LogP contribution in [0, 0.1) is 0 Å². The number of ether oxygens (including phenoxy) is 2. The standard InChI is InChI=1S/C23H24N2O2S2/c1-26-20-13-12-17(16-21(20)27-2)14-15-24-23(28)25-19-10-6-7-11-22(19)29-18-8-4-3-5-9-18/h3-13,16H,14-15H2,1-2H3,(H2,24,25,28). The molecule has 4 nitrogen and oxygen atoms in total. The van der Waals surface area contributed by atoms with Crippen LogP contribution in [0.3, 0.4) is 0 Å². The van der Waals surface area contributed by atoms with Crippen molar-refractivity contribution in [1.82, 2.24) is 5.32 Å². The Morgan fingerprint density at radius 1 is 0.897 bits per heavy atom. The van der Waals surface area contributed by atoms with Crippen molar-refractivity contribution in [2.45, 2.75) is 16.2 Å². The van der Waals surface area contributed by atoms with E-state index in [1.807, 2.05) is 54.6 Å². The van der Waals surface area contributed by atoms with Crippen LogP contribution in [0.1, 0.15) is 5.56 Å². The van der Waals surface area contributed by atoms with Crippen LogP contribution in [0.2, 0.25) is 0 Å². The molecule has 2 N–H and O–H groups in total. The molecule has 0 unspecified atom stereocenters. The molecule has 0 saturated heterocycles. The molecule has 29 heavy (non-hydrogen) atoms. The number of hydrogen-bond donors (Lipinski definition) is 2. The van der Waals surface area contributed by atoms with Crippen LogP contribution >= 0.6 is 24.0 Å². The Morgan fingerprint density at radius 2 is 1.62 bits per heavy atom. The highest BCUT2D eigenvalue weighted by Gasteiger charge is 2.07. The minimum Gasteiger partial charge on any atom is -0.493 e. The molecule has 0 radical (unpaired) electrons. The Kier molecular flexibility index (Phi) is 7.78. The number of para-hydroxylation sites is 1. The average Bonchev–Trinajstić information content (AvgIpc) is 2.75. The van der Waals surface area contributed by atoms with Crippen molar-refractivity contribution in [3.05, 3.63) is 78.4 Å². The first kappa shape index (κ1) is 21.0. The number of anilines is 1. The van der Waals surface area contributed by atoms with Crippen molar-refractivity contribution in [2.75, 3.05) is 26.1 Å². The summed E-state index contributed by atoms with van der Waals surface area (Å²) in [4.78, 5) is 2.32. The van der Waals surface area contributed by atoms with Gasteiger partial charge in [-0.05, 0) is 60.6 Å². The van der Waals surface area contributed by atoms with E-state index in [4.69, 9.17) is 21.7 Å². The molecule has 150 valence electrons. The van der Waals surface area contributed by atoms with Crippen LogP contribution in [-0.2, 0) is 6.42 Å². The molecule has 6 heteroatoms. The molecule has 3 rings (SSSR count). The predicted molar refractivity (Wildman–Crippen MR) is 124 cm³/mol. The lowest BCUT2D eigenvalue weighted by molar-refractivity contribution is 0.354. The maximum atomic E-state index is 5.49. The summed E-state index contributed by atoms with van der Waals surface area (Å²) in [7, 11) is 3.28. The summed E-state index contributed by atoms with van der Waals surface area (Å²) < 4.78 is 10.6. The summed E-state index contributed by atoms with van der Waals surface area (Å²) in [5.41, 5.74) is 2.14. The summed E-state index contributed by atoms with van der Waals surface area (Å²) >= 11 is 7.20. The second-order valence-corrected chi connectivity index (χ2v) is 7.76. The van der Waals surface area contributed by atoms with E-state index in [1.165, 1.54) is 4.90 Å². The lowest BCUT2D eigenvalue weighted by Crippen LogP contribution is -2.30. The molecular weight excluding hydrogens is 400 g/mol. The second-order valence-electron chi connectivity index (χ2n) is 6.23. The smallest absolute Gasteiger partial charge is 0.170 e. The van der Waals surface area contributed by atoms with Crippen molar-refractivity contribution in [1.29, 1.82) is 0 Å². The summed E-state index contributed by atoms with van der Waals surface area (Å²) in [6.07, 6.45) is 0.822. The zero-order valence-corrected chi connectivity index (χ0v) is 18.1. The zero-order chi connectivity index (χ0) is 20.5. The largest absolute Gasteiger partial charge is 0.493 e. The third-order valence-corrected chi connectivity index (χ3v) is 5.58. The quantitative estimate of drug-likeness (QED) is 0.473. The number of benzene rings is 3. The Balaban J connectivity index is 1.55. The van der Waals surface area contributed by atoms with Gasteiger partial charge in [0.15, 0.2) is 16.6 Å². The summed E-state index contributed by atoms with van der Waals surface area (Å²) in [6.45, 7) is 0.718. The van der Waals surface area contributed by atoms with E-state index in [1.54, 1.807) is 26.0 Å². The predicted octanol–water partition coefficient (Wildman–Crippen LogP) is 5.38. The Bertz CT molecular complexity index is 949. The first-order valence-electron chi connectivity index (χ1n) is 9.27. The van der Waals surface area contributed by atoms with Gasteiger partial charge in [-0.2, -0.15) is 0 Å². The number of thiocarbonyl (C=S) groups is 1. The van der Waals surface area contributed by atoms with E-state index in [9.17, 15) is 0 Å². The molecule has 0 aliphatic heterocycles. The highest BCUT2D eigenvalue weighted by molar-refractivity contribution is 7.99. The van der Waals surface area contributed by atoms with Gasteiger partial charge in [0.25, 0.3) is 0 Å². The van der Waals surface area contributed by atoms with Gasteiger partial charge in [0, 0.05) is 16.3 Å². The Hall–Kier alpha value is -2.70. The minimum absolute atomic E-state index is 0.603. The van der Waals surface area contributed by atoms with Gasteiger partial charge in [0.1, 0.15) is 0 Å². The fraction of sp³-hybridized carbons (Fsp3) is 0.174. The summed E-state index contributed by atoms with van der Waals surface area (Å²) in [5, 5.41) is 7.19. The van der Waals surface area contributed by atoms with Crippen LogP contribution in [-0.4, -0.2) is 25.9 Å². The number of rotatable bonds is 8. The topological polar surface area (TPSA) is 42.5 Å². The molecule has 0 heterocycles. The summed E-state index contributed by atoms with van der Waals surface area (Å²) in [5.74, 6) is 1.46. The van der Waals surface area contributed by atoms with E-state index in [-0.39, 0.29) is 0 Å². The monoisotopic (exact) mass is 424 g/mol. The minimum atomic E-state index is 0.603. The van der Waals surface area contributed by atoms with Gasteiger partial charge in [-0.3, -0.25) is 0 Å². The van der Waals surface area contributed by atoms with E-state index in [2.05, 4.69) is 28.8 Å². The Morgan fingerprint density at radius 3 is 2.38 bits per heavy atom. The maximum Gasteiger partial charge on any atom is 0.170 e. The Labute approximate surface area is 181 Å². The maximum absolute atomic E-state index is 5.49. The number of hydrogen-bond acceptors (Lipinski definition) is 4. The fourth-order valence-electron chi connectivity index (χ4n) is 2.80. The molecule has 0 bridgehead atoms. The molecule has 0 fully saturated rings. The van der Waals surface area contributed by atoms with Crippen LogP contribution in [0.25, 0.3) is 0 Å². The van der Waals surface area contributed by atoms with Gasteiger partial charge in [-0.15, -0.1) is 0 Å². The molecule has 3 aromatic rings. The molecular formula is C23H24N2O2S2. The van der Waals surface area contributed by atoms with E-state index in [0.29, 0.717) is 5.11 Å². The summed E-state index contributed by atoms with van der Waals surface area (Å²) in [6, 6.07) is 24.4. The van der Waals surface area contributed by atoms with Crippen molar-refractivity contribution in [2.24, 2.45) is 0 Å². The van der Waals surface area contributed by atoms with Gasteiger partial charge in [-0.25, -0.2) is 0 Å². The molecule has 0 aromatic heterocycles. The normalized spacial score (nSPS) is 10.3. The molecule has 0 aliphatic carbocycles. The van der Waals surface area contributed by atoms with Crippen molar-refractivity contribution >= 4 is 34.8 Å². The average molecular weight is 425 g/mol. The number of nitrogens with one attached hydrogen (secondary N) is 2. The van der Waals surface area contributed by atoms with Crippen LogP contribution in [0.5, 0.6) is 11.5 Å². The first-order chi connectivity index (χ1) is 14.2. The van der Waals surface area contributed by atoms with E-state index < -0.39 is 0 Å². The fourth-order valence-corrected chi connectivity index (χ4v) is 3.93. The molecule has 0 aliphatic rings. The molecule has 0 spiro atoms. The van der Waals surface area contributed by atoms with Gasteiger partial charge in [0.05, 0.1) is 19.9 Å². The number of methoxy groups -OCH3 is 2. The lowest BCUT2D eigenvalue weighted by Gasteiger charge is -2.14. The zero-order valence-electron chi connectivity index (χ0n) is 16.5. The van der Waals surface area contributed by atoms with Gasteiger partial charge >= 0.3 is 0 Å². The molecule has 3 aromatic carbocycles. The highest BCUT2D eigenvalue weighted by Crippen LogP contribution is 2.33. The van der Waals surface area contributed by atoms with Crippen molar-refractivity contribution in [3.63, 3.8) is 0 Å². The lowest BCUT2D eigenvalue weighted by atomic mass is 10.1. The molecule has 0 saturated carbocycles. The van der Waals surface area contributed by atoms with E-state index in [0.717, 1.165) is 40.6 Å². The van der Waals surface area contributed by atoms with E-state index >= 15 is 0 Å². The second kappa shape index (κ2) is 10.7. The van der Waals surface area contributed by atoms with Crippen molar-refractivity contribution < 1.29 is 9.47 Å². The van der Waals surface area contributed by atoms with Crippen molar-refractivity contribution in [3.8, 4) is 11.5 Å². The third-order valence-electron chi connectivity index (χ3n) is 4.25. The van der Waals surface area contributed by atoms with Crippen LogP contribution in [0.4, 0.5) is 5.69 Å². The highest BCUT2D eigenvalue weighted by atomic mass is 32.2. The van der Waals surface area contributed by atoms with Crippen LogP contribution in [0.15, 0.2) is 82.6 Å². The third kappa shape index (κ3) is 6.14. The van der Waals surface area contributed by atoms with Gasteiger partial charge in [0.2, 0.25) is 0 Å². The van der Waals surface area contributed by atoms with Crippen LogP contribution < -0.4 is 20.1 Å². The SMILES string of the molecule is COc1ccc(CCNC(=S)Nc2ccccc2Sc2ccccc2)cc1OC. The molecule has 0 atom stereocenters. The van der Waals surface area contributed by atoms with Gasteiger partial charge in [-0.1, -0.05) is 48.2 Å². The van der Waals surface area contributed by atoms with Gasteiger partial charge < -0.3 is 20.1 Å².